The zero-order valence-electron chi connectivity index (χ0n) is 11.2. The van der Waals surface area contributed by atoms with Crippen molar-refractivity contribution in [1.29, 1.82) is 0 Å². The third-order valence-electron chi connectivity index (χ3n) is 4.28. The smallest absolute Gasteiger partial charge is 0.224 e. The van der Waals surface area contributed by atoms with Gasteiger partial charge in [0, 0.05) is 30.3 Å². The van der Waals surface area contributed by atoms with Gasteiger partial charge in [0.15, 0.2) is 11.6 Å². The van der Waals surface area contributed by atoms with Crippen molar-refractivity contribution in [2.75, 3.05) is 5.32 Å². The van der Waals surface area contributed by atoms with Gasteiger partial charge in [-0.05, 0) is 43.7 Å². The number of phenols is 1. The van der Waals surface area contributed by atoms with Crippen LogP contribution in [0.4, 0.5) is 10.1 Å². The Morgan fingerprint density at radius 3 is 2.70 bits per heavy atom. The maximum atomic E-state index is 13.2. The summed E-state index contributed by atoms with van der Waals surface area (Å²) in [7, 11) is 0. The molecule has 2 aliphatic rings. The lowest BCUT2D eigenvalue weighted by Crippen LogP contribution is -2.39. The number of benzene rings is 1. The Morgan fingerprint density at radius 1 is 1.35 bits per heavy atom. The molecule has 4 nitrogen and oxygen atoms in total. The lowest BCUT2D eigenvalue weighted by Gasteiger charge is -2.28. The van der Waals surface area contributed by atoms with Gasteiger partial charge in [0.05, 0.1) is 0 Å². The van der Waals surface area contributed by atoms with Crippen LogP contribution in [0.3, 0.4) is 0 Å². The van der Waals surface area contributed by atoms with E-state index in [1.807, 2.05) is 0 Å². The molecular formula is C15H19FN2O2. The van der Waals surface area contributed by atoms with Gasteiger partial charge in [0.1, 0.15) is 0 Å². The van der Waals surface area contributed by atoms with E-state index >= 15 is 0 Å². The molecule has 20 heavy (non-hydrogen) atoms. The molecule has 3 N–H and O–H groups in total. The highest BCUT2D eigenvalue weighted by molar-refractivity contribution is 5.90. The van der Waals surface area contributed by atoms with Crippen LogP contribution in [0.15, 0.2) is 18.2 Å². The molecular weight excluding hydrogens is 259 g/mol. The first-order valence-electron chi connectivity index (χ1n) is 7.14. The van der Waals surface area contributed by atoms with E-state index in [1.165, 1.54) is 25.0 Å². The number of rotatable bonds is 3. The van der Waals surface area contributed by atoms with Gasteiger partial charge >= 0.3 is 0 Å². The number of carbonyl (C=O) groups is 1. The summed E-state index contributed by atoms with van der Waals surface area (Å²) in [6.07, 6.45) is 5.01. The van der Waals surface area contributed by atoms with Crippen LogP contribution in [-0.2, 0) is 4.79 Å². The topological polar surface area (TPSA) is 61.4 Å². The Hall–Kier alpha value is -1.62. The second kappa shape index (κ2) is 5.40. The van der Waals surface area contributed by atoms with E-state index in [2.05, 4.69) is 10.6 Å². The minimum Gasteiger partial charge on any atom is -0.505 e. The van der Waals surface area contributed by atoms with Crippen molar-refractivity contribution in [2.24, 2.45) is 5.92 Å². The first-order chi connectivity index (χ1) is 9.60. The summed E-state index contributed by atoms with van der Waals surface area (Å²) >= 11 is 0. The molecule has 2 heterocycles. The number of phenolic OH excluding ortho intramolecular Hbond substituents is 1. The van der Waals surface area contributed by atoms with Gasteiger partial charge in [-0.15, -0.1) is 0 Å². The summed E-state index contributed by atoms with van der Waals surface area (Å²) in [5.41, 5.74) is 0.391. The van der Waals surface area contributed by atoms with Crippen molar-refractivity contribution in [1.82, 2.24) is 5.32 Å². The van der Waals surface area contributed by atoms with Gasteiger partial charge in [-0.2, -0.15) is 0 Å². The Kier molecular flexibility index (Phi) is 3.61. The molecule has 0 aliphatic carbocycles. The Bertz CT molecular complexity index is 509. The normalized spacial score (nSPS) is 28.4. The largest absolute Gasteiger partial charge is 0.505 e. The number of hydrogen-bond donors (Lipinski definition) is 3. The molecule has 108 valence electrons. The maximum absolute atomic E-state index is 13.2. The van der Waals surface area contributed by atoms with Crippen LogP contribution in [0.25, 0.3) is 0 Å². The van der Waals surface area contributed by atoms with Gasteiger partial charge in [-0.25, -0.2) is 4.39 Å². The van der Waals surface area contributed by atoms with E-state index in [4.69, 9.17) is 5.11 Å². The van der Waals surface area contributed by atoms with Crippen LogP contribution in [-0.4, -0.2) is 23.1 Å². The standard InChI is InChI=1S/C15H19FN2O2/c16-13-8-12(3-4-14(13)19)18-15(20)7-9-5-10-1-2-11(6-9)17-10/h3-4,8-11,17,19H,1-2,5-7H2,(H,18,20). The number of hydrogen-bond acceptors (Lipinski definition) is 3. The highest BCUT2D eigenvalue weighted by Crippen LogP contribution is 2.32. The van der Waals surface area contributed by atoms with Crippen LogP contribution in [0, 0.1) is 11.7 Å². The van der Waals surface area contributed by atoms with Crippen LogP contribution in [0.1, 0.15) is 32.1 Å². The van der Waals surface area contributed by atoms with Crippen LogP contribution < -0.4 is 10.6 Å². The van der Waals surface area contributed by atoms with Crippen molar-refractivity contribution >= 4 is 11.6 Å². The van der Waals surface area contributed by atoms with E-state index in [1.54, 1.807) is 0 Å². The predicted octanol–water partition coefficient (Wildman–Crippen LogP) is 2.39. The number of anilines is 1. The summed E-state index contributed by atoms with van der Waals surface area (Å²) in [6.45, 7) is 0. The number of nitrogens with one attached hydrogen (secondary N) is 2. The quantitative estimate of drug-likeness (QED) is 0.744. The summed E-state index contributed by atoms with van der Waals surface area (Å²) < 4.78 is 13.2. The molecule has 2 aliphatic heterocycles. The van der Waals surface area contributed by atoms with Gasteiger partial charge in [-0.3, -0.25) is 4.79 Å². The number of halogens is 1. The molecule has 0 spiro atoms. The molecule has 1 aromatic rings. The lowest BCUT2D eigenvalue weighted by molar-refractivity contribution is -0.117. The van der Waals surface area contributed by atoms with Crippen LogP contribution in [0.5, 0.6) is 5.75 Å². The summed E-state index contributed by atoms with van der Waals surface area (Å²) in [5.74, 6) is -0.794. The second-order valence-electron chi connectivity index (χ2n) is 5.89. The molecule has 0 aromatic heterocycles. The Labute approximate surface area is 117 Å². The fraction of sp³-hybridized carbons (Fsp3) is 0.533. The molecule has 5 heteroatoms. The van der Waals surface area contributed by atoms with Crippen LogP contribution in [0.2, 0.25) is 0 Å². The second-order valence-corrected chi connectivity index (χ2v) is 5.89. The number of carbonyl (C=O) groups excluding carboxylic acids is 1. The van der Waals surface area contributed by atoms with E-state index in [0.29, 0.717) is 30.1 Å². The minimum atomic E-state index is -0.720. The molecule has 2 fully saturated rings. The fourth-order valence-electron chi connectivity index (χ4n) is 3.40. The Morgan fingerprint density at radius 2 is 2.05 bits per heavy atom. The minimum absolute atomic E-state index is 0.0820. The average Bonchev–Trinajstić information content (AvgIpc) is 2.73. The van der Waals surface area contributed by atoms with Gasteiger partial charge in [0.2, 0.25) is 5.91 Å². The van der Waals surface area contributed by atoms with Gasteiger partial charge < -0.3 is 15.7 Å². The van der Waals surface area contributed by atoms with Crippen LogP contribution >= 0.6 is 0 Å². The van der Waals surface area contributed by atoms with Crippen molar-refractivity contribution in [3.8, 4) is 5.75 Å². The molecule has 3 rings (SSSR count). The first kappa shape index (κ1) is 13.4. The third-order valence-corrected chi connectivity index (χ3v) is 4.28. The number of fused-ring (bicyclic) bond motifs is 2. The number of aromatic hydroxyl groups is 1. The maximum Gasteiger partial charge on any atom is 0.224 e. The lowest BCUT2D eigenvalue weighted by atomic mass is 9.89. The molecule has 1 aromatic carbocycles. The first-order valence-corrected chi connectivity index (χ1v) is 7.14. The van der Waals surface area contributed by atoms with Crippen molar-refractivity contribution in [3.63, 3.8) is 0 Å². The van der Waals surface area contributed by atoms with E-state index < -0.39 is 11.6 Å². The summed E-state index contributed by atoms with van der Waals surface area (Å²) in [5, 5.41) is 15.4. The SMILES string of the molecule is O=C(CC1CC2CCC(C1)N2)Nc1ccc(O)c(F)c1. The monoisotopic (exact) mass is 278 g/mol. The highest BCUT2D eigenvalue weighted by atomic mass is 19.1. The van der Waals surface area contributed by atoms with E-state index in [-0.39, 0.29) is 5.91 Å². The molecule has 0 radical (unpaired) electrons. The molecule has 1 amide bonds. The Balaban J connectivity index is 1.55. The molecule has 0 saturated carbocycles. The van der Waals surface area contributed by atoms with Crippen molar-refractivity contribution in [3.05, 3.63) is 24.0 Å². The summed E-state index contributed by atoms with van der Waals surface area (Å²) in [4.78, 5) is 12.0. The average molecular weight is 278 g/mol. The molecule has 2 saturated heterocycles. The van der Waals surface area contributed by atoms with Gasteiger partial charge in [-0.1, -0.05) is 0 Å². The number of amides is 1. The highest BCUT2D eigenvalue weighted by Gasteiger charge is 2.34. The van der Waals surface area contributed by atoms with E-state index in [0.717, 1.165) is 18.9 Å². The molecule has 2 atom stereocenters. The molecule has 2 unspecified atom stereocenters. The third kappa shape index (κ3) is 2.93. The van der Waals surface area contributed by atoms with Gasteiger partial charge in [0.25, 0.3) is 0 Å². The number of piperidine rings is 1. The summed E-state index contributed by atoms with van der Waals surface area (Å²) in [6, 6.07) is 5.02. The van der Waals surface area contributed by atoms with E-state index in [9.17, 15) is 9.18 Å². The predicted molar refractivity (Wildman–Crippen MR) is 74.0 cm³/mol. The van der Waals surface area contributed by atoms with Crippen molar-refractivity contribution < 1.29 is 14.3 Å². The zero-order valence-corrected chi connectivity index (χ0v) is 11.2. The fourth-order valence-corrected chi connectivity index (χ4v) is 3.40. The molecule has 2 bridgehead atoms. The van der Waals surface area contributed by atoms with Crippen molar-refractivity contribution in [2.45, 2.75) is 44.2 Å². The zero-order chi connectivity index (χ0) is 14.1.